The van der Waals surface area contributed by atoms with Gasteiger partial charge in [-0.1, -0.05) is 24.3 Å². The molecule has 1 saturated heterocycles. The van der Waals surface area contributed by atoms with E-state index in [1.54, 1.807) is 35.1 Å². The van der Waals surface area contributed by atoms with Gasteiger partial charge in [0.15, 0.2) is 0 Å². The van der Waals surface area contributed by atoms with Crippen molar-refractivity contribution in [3.8, 4) is 11.3 Å². The summed E-state index contributed by atoms with van der Waals surface area (Å²) < 4.78 is 28.1. The second-order valence-corrected chi connectivity index (χ2v) is 13.6. The number of imide groups is 1. The molecule has 3 N–H and O–H groups in total. The number of carbonyl (C=O) groups excluding carboxylic acids is 4. The number of nitrogens with zero attached hydrogens (tertiary/aromatic N) is 6. The second kappa shape index (κ2) is 16.6. The maximum atomic E-state index is 15.2. The number of pyridine rings is 1. The molecule has 8 rings (SSSR count). The van der Waals surface area contributed by atoms with Crippen LogP contribution in [-0.4, -0.2) is 98.7 Å². The fourth-order valence-corrected chi connectivity index (χ4v) is 7.04. The van der Waals surface area contributed by atoms with Crippen LogP contribution in [0, 0.1) is 5.82 Å². The minimum Gasteiger partial charge on any atom is -0.382 e. The van der Waals surface area contributed by atoms with Gasteiger partial charge >= 0.3 is 0 Å². The number of piperidine rings is 1. The zero-order chi connectivity index (χ0) is 39.3. The van der Waals surface area contributed by atoms with Crippen molar-refractivity contribution in [2.24, 2.45) is 0 Å². The first kappa shape index (κ1) is 37.3. The molecule has 6 aromatic rings. The Hall–Kier alpha value is -6.65. The Morgan fingerprint density at radius 3 is 2.60 bits per heavy atom. The van der Waals surface area contributed by atoms with E-state index in [1.807, 2.05) is 30.3 Å². The van der Waals surface area contributed by atoms with E-state index in [1.165, 1.54) is 23.2 Å². The quantitative estimate of drug-likeness (QED) is 0.102. The summed E-state index contributed by atoms with van der Waals surface area (Å²) in [6.07, 6.45) is 6.07. The van der Waals surface area contributed by atoms with Gasteiger partial charge in [-0.15, -0.1) is 0 Å². The molecule has 0 radical (unpaired) electrons. The molecule has 5 heterocycles. The fraction of sp³-hybridized carbons (Fsp3) is 0.268. The highest BCUT2D eigenvalue weighted by atomic mass is 19.1. The highest BCUT2D eigenvalue weighted by Crippen LogP contribution is 2.32. The number of carbonyl (C=O) groups is 4. The molecule has 15 nitrogen and oxygen atoms in total. The highest BCUT2D eigenvalue weighted by Gasteiger charge is 2.39. The molecule has 3 aromatic carbocycles. The zero-order valence-corrected chi connectivity index (χ0v) is 30.7. The molecule has 1 unspecified atom stereocenters. The van der Waals surface area contributed by atoms with Crippen LogP contribution >= 0.6 is 0 Å². The van der Waals surface area contributed by atoms with Crippen LogP contribution in [0.2, 0.25) is 0 Å². The summed E-state index contributed by atoms with van der Waals surface area (Å²) in [5.74, 6) is -1.83. The third kappa shape index (κ3) is 8.17. The number of anilines is 1. The van der Waals surface area contributed by atoms with Crippen molar-refractivity contribution in [3.63, 3.8) is 0 Å². The molecule has 0 aliphatic carbocycles. The summed E-state index contributed by atoms with van der Waals surface area (Å²) in [4.78, 5) is 64.4. The molecule has 2 aliphatic rings. The number of amides is 4. The van der Waals surface area contributed by atoms with Gasteiger partial charge in [-0.25, -0.2) is 18.9 Å². The van der Waals surface area contributed by atoms with Crippen LogP contribution < -0.4 is 16.0 Å². The number of ether oxygens (including phenoxy) is 2. The van der Waals surface area contributed by atoms with Crippen LogP contribution in [0.15, 0.2) is 85.3 Å². The summed E-state index contributed by atoms with van der Waals surface area (Å²) in [5.41, 5.74) is 5.70. The number of halogens is 1. The van der Waals surface area contributed by atoms with Gasteiger partial charge in [0.25, 0.3) is 17.6 Å². The molecule has 1 fully saturated rings. The lowest BCUT2D eigenvalue weighted by molar-refractivity contribution is -0.136. The van der Waals surface area contributed by atoms with Crippen LogP contribution in [0.4, 0.5) is 10.1 Å². The lowest BCUT2D eigenvalue weighted by Crippen LogP contribution is -2.52. The second-order valence-electron chi connectivity index (χ2n) is 13.6. The number of aromatic nitrogens is 5. The maximum Gasteiger partial charge on any atom is 0.255 e. The lowest BCUT2D eigenvalue weighted by atomic mass is 10.0. The third-order valence-corrected chi connectivity index (χ3v) is 9.91. The van der Waals surface area contributed by atoms with E-state index in [4.69, 9.17) is 9.47 Å². The van der Waals surface area contributed by atoms with Crippen molar-refractivity contribution < 1.29 is 33.0 Å². The number of fused-ring (bicyclic) bond motifs is 3. The first-order chi connectivity index (χ1) is 27.8. The van der Waals surface area contributed by atoms with Gasteiger partial charge in [0.05, 0.1) is 55.6 Å². The van der Waals surface area contributed by atoms with E-state index < -0.39 is 23.7 Å². The van der Waals surface area contributed by atoms with Crippen LogP contribution in [0.3, 0.4) is 0 Å². The fourth-order valence-electron chi connectivity index (χ4n) is 7.04. The smallest absolute Gasteiger partial charge is 0.255 e. The number of nitrogens with one attached hydrogen (secondary N) is 3. The molecule has 1 atom stereocenters. The molecule has 3 aromatic heterocycles. The topological polar surface area (TPSA) is 182 Å². The van der Waals surface area contributed by atoms with E-state index >= 15 is 4.39 Å². The van der Waals surface area contributed by atoms with Crippen LogP contribution in [0.1, 0.15) is 50.4 Å². The van der Waals surface area contributed by atoms with Crippen LogP contribution in [0.25, 0.3) is 27.9 Å². The van der Waals surface area contributed by atoms with Gasteiger partial charge in [-0.3, -0.25) is 29.5 Å². The Labute approximate surface area is 325 Å². The molecule has 0 saturated carbocycles. The van der Waals surface area contributed by atoms with Crippen LogP contribution in [0.5, 0.6) is 0 Å². The van der Waals surface area contributed by atoms with E-state index in [0.29, 0.717) is 61.8 Å². The summed E-state index contributed by atoms with van der Waals surface area (Å²) in [7, 11) is 0. The van der Waals surface area contributed by atoms with Crippen molar-refractivity contribution in [2.45, 2.75) is 31.8 Å². The Balaban J connectivity index is 0.753. The SMILES string of the molecule is O=C1CCC(N2Cc3c(NCCOCCOCCNC(=O)c4ccc(-c5cnc6ncc(Cc7ccc8ncccc8c7)n6n5)cc4F)cccc3C2=O)C(=O)N1. The van der Waals surface area contributed by atoms with Crippen molar-refractivity contribution in [1.29, 1.82) is 0 Å². The Morgan fingerprint density at radius 2 is 1.75 bits per heavy atom. The van der Waals surface area contributed by atoms with Crippen molar-refractivity contribution in [2.75, 3.05) is 44.8 Å². The van der Waals surface area contributed by atoms with E-state index in [9.17, 15) is 19.2 Å². The number of rotatable bonds is 15. The van der Waals surface area contributed by atoms with E-state index in [0.717, 1.165) is 33.4 Å². The predicted molar refractivity (Wildman–Crippen MR) is 206 cm³/mol. The summed E-state index contributed by atoms with van der Waals surface area (Å²) >= 11 is 0. The summed E-state index contributed by atoms with van der Waals surface area (Å²) in [6.45, 7) is 2.11. The molecule has 4 amide bonds. The average Bonchev–Trinajstić information content (AvgIpc) is 3.78. The highest BCUT2D eigenvalue weighted by molar-refractivity contribution is 6.06. The van der Waals surface area contributed by atoms with Crippen molar-refractivity contribution >= 4 is 46.0 Å². The largest absolute Gasteiger partial charge is 0.382 e. The van der Waals surface area contributed by atoms with Crippen molar-refractivity contribution in [3.05, 3.63) is 119 Å². The lowest BCUT2D eigenvalue weighted by Gasteiger charge is -2.29. The number of benzene rings is 3. The number of hydrogen-bond donors (Lipinski definition) is 3. The number of imidazole rings is 1. The zero-order valence-electron chi connectivity index (χ0n) is 30.7. The standard InChI is InChI=1S/C41H38FN9O6/c42-32-21-27(35-23-47-41-46-22-28(51(41)49-35)20-25-6-9-33-26(19-25)3-2-12-43-33)7-8-30(32)38(53)45-14-16-57-18-17-56-15-13-44-34-5-1-4-29-31(34)24-50(40(29)55)36-10-11-37(52)48-39(36)54/h1-9,12,19,21-23,36,44H,10-11,13-18,20,24H2,(H,45,53)(H,48,52,54). The minimum atomic E-state index is -0.691. The third-order valence-electron chi connectivity index (χ3n) is 9.91. The molecule has 0 spiro atoms. The predicted octanol–water partition coefficient (Wildman–Crippen LogP) is 3.71. The molecule has 290 valence electrons. The van der Waals surface area contributed by atoms with E-state index in [2.05, 4.69) is 42.1 Å². The average molecular weight is 772 g/mol. The first-order valence-corrected chi connectivity index (χ1v) is 18.6. The number of hydrogen-bond acceptors (Lipinski definition) is 11. The van der Waals surface area contributed by atoms with Gasteiger partial charge in [0, 0.05) is 66.4 Å². The van der Waals surface area contributed by atoms with Gasteiger partial charge < -0.3 is 25.0 Å². The van der Waals surface area contributed by atoms with Gasteiger partial charge in [0.2, 0.25) is 11.8 Å². The molecule has 2 aliphatic heterocycles. The molecular formula is C41H38FN9O6. The van der Waals surface area contributed by atoms with Gasteiger partial charge in [0.1, 0.15) is 17.6 Å². The normalized spacial score (nSPS) is 15.3. The summed E-state index contributed by atoms with van der Waals surface area (Å²) in [6, 6.07) is 19.0. The molecule has 16 heteroatoms. The van der Waals surface area contributed by atoms with Crippen LogP contribution in [-0.2, 0) is 32.0 Å². The Morgan fingerprint density at radius 1 is 0.912 bits per heavy atom. The van der Waals surface area contributed by atoms with Crippen molar-refractivity contribution in [1.82, 2.24) is 40.1 Å². The monoisotopic (exact) mass is 771 g/mol. The molecular weight excluding hydrogens is 734 g/mol. The maximum absolute atomic E-state index is 15.2. The van der Waals surface area contributed by atoms with Gasteiger partial charge in [-0.05, 0) is 54.4 Å². The first-order valence-electron chi connectivity index (χ1n) is 18.6. The van der Waals surface area contributed by atoms with Gasteiger partial charge in [-0.2, -0.15) is 5.10 Å². The summed E-state index contributed by atoms with van der Waals surface area (Å²) in [5, 5.41) is 14.0. The molecule has 57 heavy (non-hydrogen) atoms. The Bertz CT molecular complexity index is 2510. The minimum absolute atomic E-state index is 0.102. The molecule has 0 bridgehead atoms. The van der Waals surface area contributed by atoms with E-state index in [-0.39, 0.29) is 43.5 Å². The Kier molecular flexibility index (Phi) is 10.9.